The molecule has 1 aliphatic heterocycles. The van der Waals surface area contributed by atoms with Gasteiger partial charge in [0.15, 0.2) is 0 Å². The lowest BCUT2D eigenvalue weighted by molar-refractivity contribution is -0.499. The fourth-order valence-corrected chi connectivity index (χ4v) is 14.1. The van der Waals surface area contributed by atoms with Crippen LogP contribution in [0.1, 0.15) is 214 Å². The molecule has 1 heterocycles. The molecule has 1 amide bonds. The summed E-state index contributed by atoms with van der Waals surface area (Å²) in [4.78, 5) is 66.4. The van der Waals surface area contributed by atoms with Crippen LogP contribution in [-0.4, -0.2) is 72.5 Å². The van der Waals surface area contributed by atoms with Crippen molar-refractivity contribution < 1.29 is 43.5 Å². The number of Topliss-reactive ketones (excluding diaryl/α,β-unsaturated/α-hetero) is 1. The van der Waals surface area contributed by atoms with E-state index in [1.165, 1.54) is 44.1 Å². The zero-order valence-corrected chi connectivity index (χ0v) is 46.0. The summed E-state index contributed by atoms with van der Waals surface area (Å²) in [5, 5.41) is 22.7. The molecule has 6 aliphatic rings. The van der Waals surface area contributed by atoms with Crippen LogP contribution in [0.2, 0.25) is 0 Å². The highest BCUT2D eigenvalue weighted by Gasteiger charge is 2.45. The van der Waals surface area contributed by atoms with Crippen molar-refractivity contribution in [3.05, 3.63) is 21.8 Å². The molecule has 0 aromatic carbocycles. The second-order valence-corrected chi connectivity index (χ2v) is 24.1. The first-order valence-corrected chi connectivity index (χ1v) is 26.6. The van der Waals surface area contributed by atoms with Gasteiger partial charge < -0.3 is 25.6 Å². The Labute approximate surface area is 438 Å². The van der Waals surface area contributed by atoms with Gasteiger partial charge in [-0.15, -0.1) is 12.4 Å². The number of carbonyl (C=O) groups excluding carboxylic acids is 4. The number of nitrogens with one attached hydrogen (secondary N) is 1. The third-order valence-electron chi connectivity index (χ3n) is 15.1. The zero-order valence-electron chi connectivity index (χ0n) is 45.2. The largest absolute Gasteiger partial charge is 0.481 e. The van der Waals surface area contributed by atoms with Crippen LogP contribution >= 0.6 is 12.4 Å². The minimum atomic E-state index is -0.711. The number of ketones is 1. The van der Waals surface area contributed by atoms with Gasteiger partial charge in [-0.05, 0) is 174 Å². The second kappa shape index (κ2) is 33.7. The monoisotopic (exact) mass is 1030 g/mol. The van der Waals surface area contributed by atoms with Crippen LogP contribution in [0, 0.1) is 85.5 Å². The van der Waals surface area contributed by atoms with Crippen molar-refractivity contribution in [2.45, 2.75) is 214 Å². The standard InChI is InChI=1S/C13H23NO4.C12H20O2.C11H21NO2.C11H19NO.C8H14O.2CH4.ClH/c1-4-18-12(15)8-13(9-14(16)17)6-10(2)5-11(3)7-13;1-4-14-12(13)8-11-6-9(2)5-10(3)7-11;1-8-3-9(2)5-11(4-8,7-12)6-10(13)14;1-8-3-9(2)5-11(4-8)6-10(13)12-7-11;1-6-3-7(2)5-8(9)4-6;;;/h10-11H,4-9H2,1-3H3;8-10H,4-7H2,1-3H3;8-9H,3-7,12H2,1-2H3,(H,13,14);8-9H,3-7H2,1-2H3,(H,12,13);6-7H,3-5H2,1-2H3;2*1H4;1H/t10-,11+,13?;9-,10+;2*8-,9+,11?;6-,7+;;;. The van der Waals surface area contributed by atoms with Crippen LogP contribution in [0.5, 0.6) is 0 Å². The highest BCUT2D eigenvalue weighted by molar-refractivity contribution is 5.85. The van der Waals surface area contributed by atoms with Crippen LogP contribution in [0.25, 0.3) is 0 Å². The average Bonchev–Trinajstić information content (AvgIpc) is 3.50. The topological polar surface area (TPSA) is 205 Å². The first kappa shape index (κ1) is 70.0. The van der Waals surface area contributed by atoms with Gasteiger partial charge in [0, 0.05) is 42.2 Å². The van der Waals surface area contributed by atoms with Gasteiger partial charge in [0.1, 0.15) is 5.78 Å². The Kier molecular flexibility index (Phi) is 33.2. The molecule has 0 aromatic heterocycles. The minimum Gasteiger partial charge on any atom is -0.481 e. The molecule has 5 aliphatic carbocycles. The van der Waals surface area contributed by atoms with E-state index in [1.54, 1.807) is 13.0 Å². The Balaban J connectivity index is 0. The molecule has 0 aromatic rings. The summed E-state index contributed by atoms with van der Waals surface area (Å²) in [6, 6.07) is 0. The fourth-order valence-electron chi connectivity index (χ4n) is 14.1. The summed E-state index contributed by atoms with van der Waals surface area (Å²) in [6.07, 6.45) is 18.7. The van der Waals surface area contributed by atoms with Gasteiger partial charge in [-0.2, -0.15) is 0 Å². The number of hydrogen-bond acceptors (Lipinski definition) is 10. The predicted octanol–water partition coefficient (Wildman–Crippen LogP) is 13.1. The number of carboxylic acid groups (broad SMARTS) is 1. The quantitative estimate of drug-likeness (QED) is 0.0812. The number of carboxylic acids is 1. The van der Waals surface area contributed by atoms with Gasteiger partial charge in [-0.3, -0.25) is 29.3 Å². The number of ether oxygens (including phenoxy) is 2. The lowest BCUT2D eigenvalue weighted by atomic mass is 9.64. The van der Waals surface area contributed by atoms with Crippen molar-refractivity contribution in [3.63, 3.8) is 0 Å². The van der Waals surface area contributed by atoms with E-state index in [1.807, 2.05) is 6.92 Å². The Morgan fingerprint density at radius 3 is 1.41 bits per heavy atom. The van der Waals surface area contributed by atoms with Gasteiger partial charge in [-0.25, -0.2) is 4.79 Å². The first-order chi connectivity index (χ1) is 31.7. The predicted molar refractivity (Wildman–Crippen MR) is 291 cm³/mol. The first-order valence-electron chi connectivity index (χ1n) is 26.6. The van der Waals surface area contributed by atoms with Crippen molar-refractivity contribution >= 4 is 42.0 Å². The Bertz CT molecular complexity index is 1600. The summed E-state index contributed by atoms with van der Waals surface area (Å²) in [5.74, 6) is 5.92. The van der Waals surface area contributed by atoms with E-state index in [9.17, 15) is 34.1 Å². The molecule has 1 spiro atoms. The van der Waals surface area contributed by atoms with Gasteiger partial charge in [0.2, 0.25) is 12.5 Å². The number of nitrogens with zero attached hydrogens (tertiary/aromatic N) is 1. The lowest BCUT2D eigenvalue weighted by Gasteiger charge is -2.41. The molecule has 14 heteroatoms. The van der Waals surface area contributed by atoms with E-state index in [2.05, 4.69) is 74.6 Å². The molecule has 6 rings (SSSR count). The van der Waals surface area contributed by atoms with E-state index in [0.29, 0.717) is 78.3 Å². The Morgan fingerprint density at radius 1 is 0.662 bits per heavy atom. The second-order valence-electron chi connectivity index (χ2n) is 24.1. The smallest absolute Gasteiger partial charge is 0.330 e. The average molecular weight is 1030 g/mol. The van der Waals surface area contributed by atoms with Gasteiger partial charge in [0.05, 0.1) is 26.1 Å². The molecule has 0 radical (unpaired) electrons. The number of halogens is 1. The molecule has 416 valence electrons. The maximum Gasteiger partial charge on any atom is 0.330 e. The van der Waals surface area contributed by atoms with Crippen LogP contribution < -0.4 is 11.1 Å². The number of amides is 1. The summed E-state index contributed by atoms with van der Waals surface area (Å²) in [6.45, 7) is 27.8. The minimum absolute atomic E-state index is 0. The maximum atomic E-state index is 11.7. The van der Waals surface area contributed by atoms with Crippen molar-refractivity contribution in [2.24, 2.45) is 81.2 Å². The van der Waals surface area contributed by atoms with Crippen LogP contribution in [0.15, 0.2) is 11.6 Å². The number of aliphatic carboxylic acids is 1. The molecule has 1 saturated heterocycles. The van der Waals surface area contributed by atoms with E-state index in [4.69, 9.17) is 20.3 Å². The Morgan fingerprint density at radius 2 is 1.06 bits per heavy atom. The summed E-state index contributed by atoms with van der Waals surface area (Å²) in [7, 11) is 0. The van der Waals surface area contributed by atoms with Gasteiger partial charge in [0.25, 0.3) is 0 Å². The highest BCUT2D eigenvalue weighted by atomic mass is 35.5. The third kappa shape index (κ3) is 27.2. The molecule has 13 nitrogen and oxygen atoms in total. The van der Waals surface area contributed by atoms with E-state index >= 15 is 0 Å². The van der Waals surface area contributed by atoms with E-state index in [0.717, 1.165) is 82.6 Å². The molecule has 0 bridgehead atoms. The van der Waals surface area contributed by atoms with Crippen molar-refractivity contribution in [3.8, 4) is 0 Å². The third-order valence-corrected chi connectivity index (χ3v) is 15.1. The number of nitrogens with two attached hydrogens (primary N) is 1. The van der Waals surface area contributed by atoms with Crippen LogP contribution in [-0.2, 0) is 33.4 Å². The van der Waals surface area contributed by atoms with Gasteiger partial charge in [-0.1, -0.05) is 89.7 Å². The number of hydrogen-bond donors (Lipinski definition) is 3. The van der Waals surface area contributed by atoms with E-state index < -0.39 is 11.4 Å². The Hall–Kier alpha value is -3.06. The van der Waals surface area contributed by atoms with Crippen molar-refractivity contribution in [2.75, 3.05) is 32.8 Å². The molecule has 13 atom stereocenters. The normalized spacial score (nSPS) is 34.6. The number of allylic oxidation sites excluding steroid dienone is 1. The molecule has 5 saturated carbocycles. The summed E-state index contributed by atoms with van der Waals surface area (Å²) < 4.78 is 9.86. The van der Waals surface area contributed by atoms with E-state index in [-0.39, 0.29) is 74.8 Å². The molecular weight excluding hydrogens is 922 g/mol. The van der Waals surface area contributed by atoms with Crippen molar-refractivity contribution in [1.82, 2.24) is 5.32 Å². The van der Waals surface area contributed by atoms with Crippen molar-refractivity contribution in [1.29, 1.82) is 0 Å². The molecule has 6 fully saturated rings. The molecular formula is C57H106ClN3O10. The maximum absolute atomic E-state index is 11.7. The number of carbonyl (C=O) groups is 5. The highest BCUT2D eigenvalue weighted by Crippen LogP contribution is 2.47. The summed E-state index contributed by atoms with van der Waals surface area (Å²) >= 11 is 0. The number of rotatable bonds is 10. The molecule has 71 heavy (non-hydrogen) atoms. The fraction of sp³-hybridized carbons (Fsp3) is 0.877. The number of esters is 2. The summed E-state index contributed by atoms with van der Waals surface area (Å²) in [5.41, 5.74) is 6.69. The SMILES string of the molecule is C.C.CCOC(=O)C=C1C[C@@H](C)C[C@@H](C)C1.CCOC(=O)CC1(C[N+](=O)[O-])C[C@H](C)C[C@H](C)C1.C[C@@H]1CC(=O)C[C@H](C)C1.C[C@@H]1C[C@H](C)CC(CN)(CC(=O)O)C1.C[C@@H]1C[C@H](C)CC2(CNC(=O)C2)C1.Cl. The molecule has 4 N–H and O–H groups in total. The number of nitro groups is 1. The molecule has 3 unspecified atom stereocenters. The van der Waals surface area contributed by atoms with Gasteiger partial charge >= 0.3 is 17.9 Å². The zero-order chi connectivity index (χ0) is 51.4. The van der Waals surface area contributed by atoms with Crippen LogP contribution in [0.4, 0.5) is 0 Å². The van der Waals surface area contributed by atoms with Crippen LogP contribution in [0.3, 0.4) is 0 Å². The lowest BCUT2D eigenvalue weighted by Crippen LogP contribution is -2.39.